The SMILES string of the molecule is C#Cc1ccc(C(C(=O)NC2CCCCC2)N(CC=C)C(=O)C(Cc2ccc(O)cc2)NC(=O)OC(C)(C)C)cc1. The van der Waals surface area contributed by atoms with Gasteiger partial charge in [-0.25, -0.2) is 4.79 Å². The van der Waals surface area contributed by atoms with Crippen molar-refractivity contribution in [1.82, 2.24) is 15.5 Å². The zero-order valence-electron chi connectivity index (χ0n) is 24.2. The van der Waals surface area contributed by atoms with Crippen LogP contribution in [0.15, 0.2) is 61.2 Å². The van der Waals surface area contributed by atoms with E-state index in [2.05, 4.69) is 23.1 Å². The number of hydrogen-bond acceptors (Lipinski definition) is 5. The molecule has 1 fully saturated rings. The maximum absolute atomic E-state index is 14.3. The Kier molecular flexibility index (Phi) is 11.0. The Morgan fingerprint density at radius 3 is 2.29 bits per heavy atom. The molecular formula is C33H41N3O5. The highest BCUT2D eigenvalue weighted by Crippen LogP contribution is 2.26. The lowest BCUT2D eigenvalue weighted by molar-refractivity contribution is -0.142. The predicted octanol–water partition coefficient (Wildman–Crippen LogP) is 5.01. The van der Waals surface area contributed by atoms with E-state index in [-0.39, 0.29) is 30.7 Å². The molecule has 8 heteroatoms. The number of carbonyl (C=O) groups excluding carboxylic acids is 3. The maximum atomic E-state index is 14.3. The number of ether oxygens (including phenoxy) is 1. The third-order valence-corrected chi connectivity index (χ3v) is 6.88. The number of alkyl carbamates (subject to hydrolysis) is 1. The van der Waals surface area contributed by atoms with Gasteiger partial charge in [0.1, 0.15) is 23.4 Å². The summed E-state index contributed by atoms with van der Waals surface area (Å²) in [5.74, 6) is 1.88. The van der Waals surface area contributed by atoms with Crippen LogP contribution < -0.4 is 10.6 Å². The van der Waals surface area contributed by atoms with Crippen LogP contribution in [0, 0.1) is 12.3 Å². The molecule has 0 saturated heterocycles. The molecule has 2 atom stereocenters. The van der Waals surface area contributed by atoms with Crippen LogP contribution in [0.3, 0.4) is 0 Å². The van der Waals surface area contributed by atoms with Gasteiger partial charge in [-0.05, 0) is 69.0 Å². The summed E-state index contributed by atoms with van der Waals surface area (Å²) in [6.07, 6.45) is 11.4. The summed E-state index contributed by atoms with van der Waals surface area (Å²) < 4.78 is 5.45. The Hall–Kier alpha value is -4.25. The minimum Gasteiger partial charge on any atom is -0.508 e. The van der Waals surface area contributed by atoms with E-state index in [0.717, 1.165) is 32.1 Å². The lowest BCUT2D eigenvalue weighted by Crippen LogP contribution is -2.54. The second kappa shape index (κ2) is 14.4. The van der Waals surface area contributed by atoms with Crippen LogP contribution in [0.1, 0.15) is 75.6 Å². The van der Waals surface area contributed by atoms with Crippen molar-refractivity contribution in [2.45, 2.75) is 83.0 Å². The Labute approximate surface area is 243 Å². The number of amides is 3. The standard InChI is InChI=1S/C33H41N3O5/c1-6-21-36(29(25-17-13-23(7-2)14-18-25)30(38)34-26-11-9-8-10-12-26)31(39)28(35-32(40)41-33(3,4)5)22-24-15-19-27(37)20-16-24/h2,6,13-20,26,28-29,37H,1,8-12,21-22H2,3-5H3,(H,34,38)(H,35,40). The molecule has 2 unspecified atom stereocenters. The van der Waals surface area contributed by atoms with E-state index in [1.165, 1.54) is 17.0 Å². The molecule has 0 aromatic heterocycles. The molecule has 8 nitrogen and oxygen atoms in total. The highest BCUT2D eigenvalue weighted by molar-refractivity contribution is 5.92. The first kappa shape index (κ1) is 31.3. The van der Waals surface area contributed by atoms with Gasteiger partial charge >= 0.3 is 6.09 Å². The second-order valence-corrected chi connectivity index (χ2v) is 11.4. The average molecular weight is 560 g/mol. The van der Waals surface area contributed by atoms with Crippen molar-refractivity contribution in [2.24, 2.45) is 0 Å². The van der Waals surface area contributed by atoms with Crippen LogP contribution in [0.5, 0.6) is 5.75 Å². The number of rotatable bonds is 10. The molecule has 3 N–H and O–H groups in total. The first-order valence-electron chi connectivity index (χ1n) is 14.1. The van der Waals surface area contributed by atoms with Gasteiger partial charge in [-0.2, -0.15) is 0 Å². The third kappa shape index (κ3) is 9.42. The molecule has 0 aliphatic heterocycles. The molecule has 2 aromatic carbocycles. The van der Waals surface area contributed by atoms with Crippen LogP contribution in [-0.2, 0) is 20.7 Å². The number of nitrogens with zero attached hydrogens (tertiary/aromatic N) is 1. The number of aromatic hydroxyl groups is 1. The molecule has 218 valence electrons. The fourth-order valence-corrected chi connectivity index (χ4v) is 4.94. The first-order chi connectivity index (χ1) is 19.5. The van der Waals surface area contributed by atoms with Crippen LogP contribution in [0.2, 0.25) is 0 Å². The molecule has 2 aromatic rings. The van der Waals surface area contributed by atoms with Gasteiger partial charge in [0.15, 0.2) is 0 Å². The average Bonchev–Trinajstić information content (AvgIpc) is 2.93. The van der Waals surface area contributed by atoms with Gasteiger partial charge in [-0.15, -0.1) is 13.0 Å². The molecule has 3 amide bonds. The molecule has 0 bridgehead atoms. The predicted molar refractivity (Wildman–Crippen MR) is 159 cm³/mol. The Balaban J connectivity index is 2.00. The normalized spacial score (nSPS) is 15.1. The van der Waals surface area contributed by atoms with Gasteiger partial charge in [-0.1, -0.05) is 55.5 Å². The van der Waals surface area contributed by atoms with Gasteiger partial charge < -0.3 is 25.4 Å². The fourth-order valence-electron chi connectivity index (χ4n) is 4.94. The molecule has 0 radical (unpaired) electrons. The number of carbonyl (C=O) groups is 3. The second-order valence-electron chi connectivity index (χ2n) is 11.4. The van der Waals surface area contributed by atoms with Crippen LogP contribution >= 0.6 is 0 Å². The molecule has 1 saturated carbocycles. The lowest BCUT2D eigenvalue weighted by Gasteiger charge is -2.35. The van der Waals surface area contributed by atoms with Crippen molar-refractivity contribution in [3.63, 3.8) is 0 Å². The summed E-state index contributed by atoms with van der Waals surface area (Å²) in [4.78, 5) is 42.5. The summed E-state index contributed by atoms with van der Waals surface area (Å²) in [7, 11) is 0. The van der Waals surface area contributed by atoms with E-state index in [0.29, 0.717) is 16.7 Å². The highest BCUT2D eigenvalue weighted by Gasteiger charge is 2.36. The number of terminal acetylenes is 1. The number of nitrogens with one attached hydrogen (secondary N) is 2. The van der Waals surface area contributed by atoms with E-state index >= 15 is 0 Å². The molecular weight excluding hydrogens is 518 g/mol. The largest absolute Gasteiger partial charge is 0.508 e. The molecule has 1 aliphatic carbocycles. The molecule has 0 heterocycles. The third-order valence-electron chi connectivity index (χ3n) is 6.88. The highest BCUT2D eigenvalue weighted by atomic mass is 16.6. The van der Waals surface area contributed by atoms with Gasteiger partial charge in [0, 0.05) is 24.6 Å². The minimum atomic E-state index is -1.07. The number of phenolic OH excluding ortho intramolecular Hbond substituents is 1. The van der Waals surface area contributed by atoms with Crippen LogP contribution in [-0.4, -0.2) is 52.1 Å². The number of benzene rings is 2. The molecule has 1 aliphatic rings. The van der Waals surface area contributed by atoms with E-state index in [9.17, 15) is 19.5 Å². The minimum absolute atomic E-state index is 0.0251. The molecule has 41 heavy (non-hydrogen) atoms. The van der Waals surface area contributed by atoms with E-state index in [1.807, 2.05) is 0 Å². The van der Waals surface area contributed by atoms with Gasteiger partial charge in [0.05, 0.1) is 0 Å². The van der Waals surface area contributed by atoms with Gasteiger partial charge in [0.2, 0.25) is 11.8 Å². The summed E-state index contributed by atoms with van der Waals surface area (Å²) in [6, 6.07) is 11.3. The Bertz CT molecular complexity index is 1240. The quantitative estimate of drug-likeness (QED) is 0.280. The zero-order chi connectivity index (χ0) is 30.0. The van der Waals surface area contributed by atoms with Crippen molar-refractivity contribution >= 4 is 17.9 Å². The summed E-state index contributed by atoms with van der Waals surface area (Å²) in [5.41, 5.74) is 1.17. The van der Waals surface area contributed by atoms with Crippen LogP contribution in [0.4, 0.5) is 4.79 Å². The first-order valence-corrected chi connectivity index (χ1v) is 14.1. The van der Waals surface area contributed by atoms with Crippen molar-refractivity contribution in [3.05, 3.63) is 77.9 Å². The molecule has 0 spiro atoms. The monoisotopic (exact) mass is 559 g/mol. The smallest absolute Gasteiger partial charge is 0.408 e. The maximum Gasteiger partial charge on any atom is 0.408 e. The fraction of sp³-hybridized carbons (Fsp3) is 0.424. The van der Waals surface area contributed by atoms with Crippen molar-refractivity contribution in [1.29, 1.82) is 0 Å². The number of hydrogen-bond donors (Lipinski definition) is 3. The van der Waals surface area contributed by atoms with Crippen molar-refractivity contribution in [2.75, 3.05) is 6.54 Å². The zero-order valence-corrected chi connectivity index (χ0v) is 24.2. The summed E-state index contributed by atoms with van der Waals surface area (Å²) in [6.45, 7) is 9.09. The topological polar surface area (TPSA) is 108 Å². The lowest BCUT2D eigenvalue weighted by atomic mass is 9.94. The summed E-state index contributed by atoms with van der Waals surface area (Å²) >= 11 is 0. The van der Waals surface area contributed by atoms with E-state index in [4.69, 9.17) is 11.2 Å². The van der Waals surface area contributed by atoms with Crippen molar-refractivity contribution in [3.8, 4) is 18.1 Å². The Morgan fingerprint density at radius 2 is 1.73 bits per heavy atom. The van der Waals surface area contributed by atoms with Gasteiger partial charge in [-0.3, -0.25) is 9.59 Å². The van der Waals surface area contributed by atoms with E-state index in [1.54, 1.807) is 63.2 Å². The van der Waals surface area contributed by atoms with E-state index < -0.39 is 29.7 Å². The van der Waals surface area contributed by atoms with Crippen molar-refractivity contribution < 1.29 is 24.2 Å². The Morgan fingerprint density at radius 1 is 1.10 bits per heavy atom. The van der Waals surface area contributed by atoms with Gasteiger partial charge in [0.25, 0.3) is 0 Å². The van der Waals surface area contributed by atoms with Crippen LogP contribution in [0.25, 0.3) is 0 Å². The number of phenols is 1. The molecule has 3 rings (SSSR count). The summed E-state index contributed by atoms with van der Waals surface area (Å²) in [5, 5.41) is 15.6.